The fourth-order valence-electron chi connectivity index (χ4n) is 1.98. The van der Waals surface area contributed by atoms with Gasteiger partial charge in [0.25, 0.3) is 0 Å². The third kappa shape index (κ3) is 3.40. The lowest BCUT2D eigenvalue weighted by molar-refractivity contribution is -0.116. The number of nitrogens with zero attached hydrogens (tertiary/aromatic N) is 4. The molecule has 0 unspecified atom stereocenters. The van der Waals surface area contributed by atoms with Crippen molar-refractivity contribution in [3.05, 3.63) is 35.3 Å². The molecule has 0 bridgehead atoms. The molecule has 6 nitrogen and oxygen atoms in total. The van der Waals surface area contributed by atoms with Gasteiger partial charge in [-0.2, -0.15) is 10.2 Å². The van der Waals surface area contributed by atoms with E-state index in [9.17, 15) is 4.79 Å². The minimum Gasteiger partial charge on any atom is -0.308 e. The first-order valence-corrected chi connectivity index (χ1v) is 6.60. The summed E-state index contributed by atoms with van der Waals surface area (Å²) in [5.74, 6) is 0.685. The predicted molar refractivity (Wildman–Crippen MR) is 76.5 cm³/mol. The molecule has 0 aromatic carbocycles. The number of carbonyl (C=O) groups excluding carboxylic acids is 1. The molecule has 0 aliphatic rings. The Morgan fingerprint density at radius 3 is 2.60 bits per heavy atom. The van der Waals surface area contributed by atoms with Crippen LogP contribution in [-0.2, 0) is 11.3 Å². The highest BCUT2D eigenvalue weighted by Gasteiger charge is 2.11. The summed E-state index contributed by atoms with van der Waals surface area (Å²) >= 11 is 0. The predicted octanol–water partition coefficient (Wildman–Crippen LogP) is 2.05. The second kappa shape index (κ2) is 5.81. The third-order valence-electron chi connectivity index (χ3n) is 2.98. The monoisotopic (exact) mass is 273 g/mol. The van der Waals surface area contributed by atoms with Gasteiger partial charge in [-0.15, -0.1) is 5.10 Å². The Labute approximate surface area is 118 Å². The topological polar surface area (TPSA) is 72.7 Å². The smallest absolute Gasteiger partial charge is 0.247 e. The first kappa shape index (κ1) is 14.2. The van der Waals surface area contributed by atoms with Gasteiger partial charge in [0.15, 0.2) is 5.82 Å². The average molecular weight is 273 g/mol. The van der Waals surface area contributed by atoms with E-state index in [1.165, 1.54) is 0 Å². The van der Waals surface area contributed by atoms with E-state index in [0.29, 0.717) is 11.7 Å². The lowest BCUT2D eigenvalue weighted by atomic mass is 10.1. The molecule has 1 amide bonds. The van der Waals surface area contributed by atoms with Gasteiger partial charge >= 0.3 is 0 Å². The van der Waals surface area contributed by atoms with Crippen molar-refractivity contribution >= 4 is 11.7 Å². The molecule has 0 aliphatic carbocycles. The quantitative estimate of drug-likeness (QED) is 0.925. The van der Waals surface area contributed by atoms with Crippen molar-refractivity contribution in [1.82, 2.24) is 20.0 Å². The number of nitrogens with one attached hydrogen (secondary N) is 1. The van der Waals surface area contributed by atoms with Gasteiger partial charge in [-0.25, -0.2) is 0 Å². The summed E-state index contributed by atoms with van der Waals surface area (Å²) in [5, 5.41) is 14.8. The molecule has 20 heavy (non-hydrogen) atoms. The summed E-state index contributed by atoms with van der Waals surface area (Å²) in [6, 6.07) is 3.53. The first-order valence-electron chi connectivity index (χ1n) is 6.60. The molecule has 0 radical (unpaired) electrons. The van der Waals surface area contributed by atoms with Crippen molar-refractivity contribution < 1.29 is 4.79 Å². The molecule has 0 saturated heterocycles. The molecule has 0 spiro atoms. The zero-order valence-corrected chi connectivity index (χ0v) is 12.2. The summed E-state index contributed by atoms with van der Waals surface area (Å²) in [6.07, 6.45) is 1.92. The Bertz CT molecular complexity index is 601. The maximum Gasteiger partial charge on any atom is 0.247 e. The molecule has 2 aromatic rings. The van der Waals surface area contributed by atoms with Crippen molar-refractivity contribution in [1.29, 1.82) is 0 Å². The number of anilines is 1. The molecule has 2 heterocycles. The lowest BCUT2D eigenvalue weighted by Gasteiger charge is -2.04. The second-order valence-electron chi connectivity index (χ2n) is 5.13. The Hall–Kier alpha value is -2.24. The molecule has 0 aliphatic heterocycles. The van der Waals surface area contributed by atoms with Crippen molar-refractivity contribution in [3.8, 4) is 0 Å². The third-order valence-corrected chi connectivity index (χ3v) is 2.98. The lowest BCUT2D eigenvalue weighted by Crippen LogP contribution is -2.20. The van der Waals surface area contributed by atoms with Gasteiger partial charge in [0.2, 0.25) is 5.91 Å². The first-order chi connectivity index (χ1) is 9.45. The van der Waals surface area contributed by atoms with Crippen LogP contribution in [0.15, 0.2) is 18.3 Å². The average Bonchev–Trinajstić information content (AvgIpc) is 2.73. The highest BCUT2D eigenvalue weighted by atomic mass is 16.2. The van der Waals surface area contributed by atoms with Crippen LogP contribution < -0.4 is 5.32 Å². The zero-order valence-electron chi connectivity index (χ0n) is 12.2. The highest BCUT2D eigenvalue weighted by molar-refractivity contribution is 5.89. The van der Waals surface area contributed by atoms with Gasteiger partial charge in [0.05, 0.1) is 11.4 Å². The van der Waals surface area contributed by atoms with Crippen LogP contribution in [0.4, 0.5) is 5.82 Å². The largest absolute Gasteiger partial charge is 0.308 e. The van der Waals surface area contributed by atoms with E-state index in [1.807, 2.05) is 20.0 Å². The van der Waals surface area contributed by atoms with Crippen molar-refractivity contribution in [2.45, 2.75) is 40.2 Å². The van der Waals surface area contributed by atoms with Crippen molar-refractivity contribution in [2.75, 3.05) is 5.32 Å². The number of hydrogen-bond acceptors (Lipinski definition) is 4. The van der Waals surface area contributed by atoms with Crippen LogP contribution in [0.3, 0.4) is 0 Å². The van der Waals surface area contributed by atoms with Crippen molar-refractivity contribution in [3.63, 3.8) is 0 Å². The molecule has 6 heteroatoms. The van der Waals surface area contributed by atoms with Crippen molar-refractivity contribution in [2.24, 2.45) is 0 Å². The number of aromatic nitrogens is 4. The van der Waals surface area contributed by atoms with Crippen LogP contribution in [0.25, 0.3) is 0 Å². The second-order valence-corrected chi connectivity index (χ2v) is 5.13. The van der Waals surface area contributed by atoms with E-state index in [4.69, 9.17) is 0 Å². The molecule has 0 fully saturated rings. The number of aryl methyl sites for hydroxylation is 2. The Kier molecular flexibility index (Phi) is 4.12. The minimum absolute atomic E-state index is 0.166. The molecule has 1 N–H and O–H groups in total. The SMILES string of the molecule is Cc1ccc(NC(=O)Cn2cc(C(C)C)c(C)n2)nn1. The molecule has 2 rings (SSSR count). The fourth-order valence-corrected chi connectivity index (χ4v) is 1.98. The van der Waals surface area contributed by atoms with E-state index < -0.39 is 0 Å². The van der Waals surface area contributed by atoms with Gasteiger partial charge in [0.1, 0.15) is 6.54 Å². The minimum atomic E-state index is -0.166. The van der Waals surface area contributed by atoms with E-state index in [-0.39, 0.29) is 12.5 Å². The molecule has 0 saturated carbocycles. The van der Waals surface area contributed by atoms with Crippen LogP contribution in [0.5, 0.6) is 0 Å². The zero-order chi connectivity index (χ0) is 14.7. The Balaban J connectivity index is 2.01. The number of hydrogen-bond donors (Lipinski definition) is 1. The van der Waals surface area contributed by atoms with E-state index >= 15 is 0 Å². The van der Waals surface area contributed by atoms with Gasteiger partial charge in [0, 0.05) is 6.20 Å². The molecular weight excluding hydrogens is 254 g/mol. The molecule has 2 aromatic heterocycles. The van der Waals surface area contributed by atoms with Gasteiger partial charge in [-0.3, -0.25) is 9.48 Å². The summed E-state index contributed by atoms with van der Waals surface area (Å²) < 4.78 is 1.65. The van der Waals surface area contributed by atoms with E-state index in [0.717, 1.165) is 17.0 Å². The van der Waals surface area contributed by atoms with Gasteiger partial charge in [-0.05, 0) is 37.5 Å². The number of rotatable bonds is 4. The van der Waals surface area contributed by atoms with Gasteiger partial charge in [-0.1, -0.05) is 13.8 Å². The van der Waals surface area contributed by atoms with Crippen LogP contribution in [0.2, 0.25) is 0 Å². The normalized spacial score (nSPS) is 10.8. The maximum absolute atomic E-state index is 11.9. The molecule has 106 valence electrons. The summed E-state index contributed by atoms with van der Waals surface area (Å²) in [7, 11) is 0. The number of amides is 1. The summed E-state index contributed by atoms with van der Waals surface area (Å²) in [5.41, 5.74) is 2.93. The number of carbonyl (C=O) groups is 1. The van der Waals surface area contributed by atoms with Crippen LogP contribution >= 0.6 is 0 Å². The van der Waals surface area contributed by atoms with Crippen LogP contribution in [0.1, 0.15) is 36.7 Å². The standard InChI is InChI=1S/C14H19N5O/c1-9(2)12-7-19(18-11(12)4)8-14(20)15-13-6-5-10(3)16-17-13/h5-7,9H,8H2,1-4H3,(H,15,17,20). The van der Waals surface area contributed by atoms with Crippen LogP contribution in [-0.4, -0.2) is 25.9 Å². The Morgan fingerprint density at radius 1 is 1.30 bits per heavy atom. The molecule has 0 atom stereocenters. The van der Waals surface area contributed by atoms with Crippen LogP contribution in [0, 0.1) is 13.8 Å². The summed E-state index contributed by atoms with van der Waals surface area (Å²) in [6.45, 7) is 8.18. The Morgan fingerprint density at radius 2 is 2.05 bits per heavy atom. The highest BCUT2D eigenvalue weighted by Crippen LogP contribution is 2.17. The maximum atomic E-state index is 11.9. The van der Waals surface area contributed by atoms with E-state index in [2.05, 4.69) is 34.5 Å². The fraction of sp³-hybridized carbons (Fsp3) is 0.429. The van der Waals surface area contributed by atoms with E-state index in [1.54, 1.807) is 16.8 Å². The molecular formula is C14H19N5O. The summed E-state index contributed by atoms with van der Waals surface area (Å²) in [4.78, 5) is 11.9. The van der Waals surface area contributed by atoms with Gasteiger partial charge < -0.3 is 5.32 Å².